The number of amides is 1. The minimum absolute atomic E-state index is 0.206. The molecule has 1 saturated heterocycles. The van der Waals surface area contributed by atoms with Gasteiger partial charge in [-0.2, -0.15) is 0 Å². The Morgan fingerprint density at radius 3 is 1.91 bits per heavy atom. The molecule has 0 spiro atoms. The molecular formula is C26H29N3O4S. The number of sulfonamides is 1. The number of para-hydroxylation sites is 2. The van der Waals surface area contributed by atoms with Crippen molar-refractivity contribution in [3.05, 3.63) is 84.9 Å². The van der Waals surface area contributed by atoms with Crippen LogP contribution in [-0.4, -0.2) is 57.7 Å². The third-order valence-corrected chi connectivity index (χ3v) is 7.09. The molecule has 1 fully saturated rings. The van der Waals surface area contributed by atoms with Gasteiger partial charge in [-0.15, -0.1) is 0 Å². The van der Waals surface area contributed by atoms with E-state index in [0.29, 0.717) is 43.4 Å². The molecule has 0 aromatic heterocycles. The van der Waals surface area contributed by atoms with Crippen molar-refractivity contribution in [1.82, 2.24) is 4.90 Å². The van der Waals surface area contributed by atoms with Gasteiger partial charge in [-0.25, -0.2) is 8.42 Å². The number of anilines is 2. The number of carbonyl (C=O) groups is 1. The first-order chi connectivity index (χ1) is 16.3. The molecule has 1 aliphatic heterocycles. The minimum Gasteiger partial charge on any atom is -0.457 e. The fourth-order valence-corrected chi connectivity index (χ4v) is 5.35. The van der Waals surface area contributed by atoms with Crippen LogP contribution in [0.15, 0.2) is 84.9 Å². The topological polar surface area (TPSA) is 70.2 Å². The van der Waals surface area contributed by atoms with Crippen LogP contribution in [0.5, 0.6) is 11.5 Å². The highest BCUT2D eigenvalue weighted by atomic mass is 32.2. The van der Waals surface area contributed by atoms with Crippen molar-refractivity contribution >= 4 is 27.3 Å². The van der Waals surface area contributed by atoms with Crippen molar-refractivity contribution in [2.75, 3.05) is 41.6 Å². The highest BCUT2D eigenvalue weighted by Crippen LogP contribution is 2.27. The van der Waals surface area contributed by atoms with E-state index in [1.807, 2.05) is 48.5 Å². The Hall–Kier alpha value is -3.52. The summed E-state index contributed by atoms with van der Waals surface area (Å²) in [6.07, 6.45) is 1.12. The van der Waals surface area contributed by atoms with Crippen LogP contribution in [0.25, 0.3) is 0 Å². The zero-order valence-electron chi connectivity index (χ0n) is 19.4. The summed E-state index contributed by atoms with van der Waals surface area (Å²) in [5, 5.41) is 0. The largest absolute Gasteiger partial charge is 0.457 e. The zero-order chi connectivity index (χ0) is 24.1. The van der Waals surface area contributed by atoms with E-state index in [1.165, 1.54) is 4.31 Å². The molecule has 1 amide bonds. The second-order valence-corrected chi connectivity index (χ2v) is 10.2. The average molecular weight is 480 g/mol. The van der Waals surface area contributed by atoms with Gasteiger partial charge in [0.2, 0.25) is 15.9 Å². The van der Waals surface area contributed by atoms with Crippen LogP contribution in [0.3, 0.4) is 0 Å². The average Bonchev–Trinajstić information content (AvgIpc) is 2.85. The lowest BCUT2D eigenvalue weighted by atomic mass is 10.2. The molecule has 34 heavy (non-hydrogen) atoms. The van der Waals surface area contributed by atoms with Gasteiger partial charge in [0.15, 0.2) is 0 Å². The minimum atomic E-state index is -3.69. The standard InChI is InChI=1S/C26H29N3O4S/c1-21(26(30)28-19-17-27(18-20-28)22-9-5-3-6-10-22)29(34(2,31)32)23-13-15-25(16-14-23)33-24-11-7-4-8-12-24/h3-16,21H,17-20H2,1-2H3/t21-/m0/s1. The first-order valence-electron chi connectivity index (χ1n) is 11.2. The smallest absolute Gasteiger partial charge is 0.246 e. The van der Waals surface area contributed by atoms with Gasteiger partial charge in [-0.1, -0.05) is 36.4 Å². The molecule has 1 heterocycles. The highest BCUT2D eigenvalue weighted by molar-refractivity contribution is 7.92. The van der Waals surface area contributed by atoms with Gasteiger partial charge >= 0.3 is 0 Å². The molecule has 0 aliphatic carbocycles. The van der Waals surface area contributed by atoms with E-state index in [2.05, 4.69) is 17.0 Å². The maximum atomic E-state index is 13.3. The van der Waals surface area contributed by atoms with Gasteiger partial charge in [0.1, 0.15) is 17.5 Å². The predicted octanol–water partition coefficient (Wildman–Crippen LogP) is 3.98. The van der Waals surface area contributed by atoms with Crippen LogP contribution in [0.2, 0.25) is 0 Å². The molecule has 1 atom stereocenters. The Balaban J connectivity index is 1.45. The Morgan fingerprint density at radius 2 is 1.35 bits per heavy atom. The maximum Gasteiger partial charge on any atom is 0.246 e. The molecular weight excluding hydrogens is 450 g/mol. The summed E-state index contributed by atoms with van der Waals surface area (Å²) in [5.41, 5.74) is 1.55. The van der Waals surface area contributed by atoms with Gasteiger partial charge < -0.3 is 14.5 Å². The normalized spacial score (nSPS) is 15.0. The Morgan fingerprint density at radius 1 is 0.824 bits per heavy atom. The van der Waals surface area contributed by atoms with Crippen molar-refractivity contribution in [2.45, 2.75) is 13.0 Å². The molecule has 4 rings (SSSR count). The van der Waals surface area contributed by atoms with E-state index in [1.54, 1.807) is 36.1 Å². The second-order valence-electron chi connectivity index (χ2n) is 8.29. The molecule has 3 aromatic rings. The highest BCUT2D eigenvalue weighted by Gasteiger charge is 2.33. The Labute approximate surface area is 201 Å². The number of piperazine rings is 1. The summed E-state index contributed by atoms with van der Waals surface area (Å²) < 4.78 is 32.4. The summed E-state index contributed by atoms with van der Waals surface area (Å²) >= 11 is 0. The summed E-state index contributed by atoms with van der Waals surface area (Å²) in [7, 11) is -3.69. The van der Waals surface area contributed by atoms with Crippen molar-refractivity contribution in [3.63, 3.8) is 0 Å². The molecule has 0 saturated carbocycles. The lowest BCUT2D eigenvalue weighted by Gasteiger charge is -2.39. The van der Waals surface area contributed by atoms with E-state index in [0.717, 1.165) is 11.9 Å². The Bertz CT molecular complexity index is 1190. The fraction of sp³-hybridized carbons (Fsp3) is 0.269. The molecule has 3 aromatic carbocycles. The van der Waals surface area contributed by atoms with Crippen LogP contribution in [0.4, 0.5) is 11.4 Å². The number of rotatable bonds is 7. The zero-order valence-corrected chi connectivity index (χ0v) is 20.2. The van der Waals surface area contributed by atoms with Crippen LogP contribution in [0.1, 0.15) is 6.92 Å². The third kappa shape index (κ3) is 5.51. The number of ether oxygens (including phenoxy) is 1. The number of nitrogens with zero attached hydrogens (tertiary/aromatic N) is 3. The molecule has 7 nitrogen and oxygen atoms in total. The van der Waals surface area contributed by atoms with Crippen LogP contribution in [-0.2, 0) is 14.8 Å². The SMILES string of the molecule is C[C@@H](C(=O)N1CCN(c2ccccc2)CC1)N(c1ccc(Oc2ccccc2)cc1)S(C)(=O)=O. The van der Waals surface area contributed by atoms with E-state index in [4.69, 9.17) is 4.74 Å². The lowest BCUT2D eigenvalue weighted by molar-refractivity contribution is -0.132. The number of hydrogen-bond acceptors (Lipinski definition) is 5. The summed E-state index contributed by atoms with van der Waals surface area (Å²) in [4.78, 5) is 17.3. The Kier molecular flexibility index (Phi) is 7.07. The summed E-state index contributed by atoms with van der Waals surface area (Å²) in [6.45, 7) is 4.13. The monoisotopic (exact) mass is 479 g/mol. The molecule has 1 aliphatic rings. The van der Waals surface area contributed by atoms with E-state index in [-0.39, 0.29) is 5.91 Å². The van der Waals surface area contributed by atoms with E-state index in [9.17, 15) is 13.2 Å². The summed E-state index contributed by atoms with van der Waals surface area (Å²) in [5.74, 6) is 1.07. The molecule has 0 bridgehead atoms. The van der Waals surface area contributed by atoms with Crippen LogP contribution < -0.4 is 13.9 Å². The van der Waals surface area contributed by atoms with Gasteiger partial charge in [0, 0.05) is 31.9 Å². The second kappa shape index (κ2) is 10.2. The van der Waals surface area contributed by atoms with Crippen molar-refractivity contribution in [1.29, 1.82) is 0 Å². The van der Waals surface area contributed by atoms with Gasteiger partial charge in [-0.05, 0) is 55.5 Å². The fourth-order valence-electron chi connectivity index (χ4n) is 4.18. The third-order valence-electron chi connectivity index (χ3n) is 5.85. The molecule has 0 radical (unpaired) electrons. The molecule has 178 valence electrons. The molecule has 8 heteroatoms. The number of hydrogen-bond donors (Lipinski definition) is 0. The summed E-state index contributed by atoms with van der Waals surface area (Å²) in [6, 6.07) is 25.3. The molecule has 0 unspecified atom stereocenters. The maximum absolute atomic E-state index is 13.3. The predicted molar refractivity (Wildman–Crippen MR) is 135 cm³/mol. The van der Waals surface area contributed by atoms with Crippen LogP contribution >= 0.6 is 0 Å². The van der Waals surface area contributed by atoms with Crippen molar-refractivity contribution in [3.8, 4) is 11.5 Å². The molecule has 0 N–H and O–H groups in total. The lowest BCUT2D eigenvalue weighted by Crippen LogP contribution is -2.55. The van der Waals surface area contributed by atoms with Gasteiger partial charge in [0.25, 0.3) is 0 Å². The van der Waals surface area contributed by atoms with Crippen molar-refractivity contribution < 1.29 is 17.9 Å². The van der Waals surface area contributed by atoms with Gasteiger partial charge in [0.05, 0.1) is 11.9 Å². The first-order valence-corrected chi connectivity index (χ1v) is 13.1. The van der Waals surface area contributed by atoms with E-state index < -0.39 is 16.1 Å². The number of carbonyl (C=O) groups excluding carboxylic acids is 1. The van der Waals surface area contributed by atoms with Crippen molar-refractivity contribution in [2.24, 2.45) is 0 Å². The quantitative estimate of drug-likeness (QED) is 0.513. The van der Waals surface area contributed by atoms with E-state index >= 15 is 0 Å². The van der Waals surface area contributed by atoms with Crippen LogP contribution in [0, 0.1) is 0 Å². The first kappa shape index (κ1) is 23.6. The van der Waals surface area contributed by atoms with Gasteiger partial charge in [-0.3, -0.25) is 9.10 Å². The number of benzene rings is 3.